The van der Waals surface area contributed by atoms with Gasteiger partial charge in [-0.25, -0.2) is 4.79 Å². The summed E-state index contributed by atoms with van der Waals surface area (Å²) in [6.07, 6.45) is -3.21. The number of ether oxygens (including phenoxy) is 1. The van der Waals surface area contributed by atoms with Gasteiger partial charge < -0.3 is 35.3 Å². The first-order valence-electron chi connectivity index (χ1n) is 16.1. The summed E-state index contributed by atoms with van der Waals surface area (Å²) < 4.78 is 38.6. The molecule has 1 atom stereocenters. The van der Waals surface area contributed by atoms with Crippen molar-refractivity contribution < 1.29 is 42.8 Å². The van der Waals surface area contributed by atoms with E-state index in [1.54, 1.807) is 17.4 Å². The molecule has 4 heterocycles. The number of phenols is 1. The van der Waals surface area contributed by atoms with E-state index in [2.05, 4.69) is 39.5 Å². The number of carbonyl (C=O) groups excluding carboxylic acids is 1. The number of aromatic hydroxyl groups is 1. The van der Waals surface area contributed by atoms with E-state index >= 15 is 0 Å². The quantitative estimate of drug-likeness (QED) is 0.154. The zero-order chi connectivity index (χ0) is 36.1. The number of morpholine rings is 1. The highest BCUT2D eigenvalue weighted by Gasteiger charge is 2.41. The largest absolute Gasteiger partial charge is 0.506 e. The van der Waals surface area contributed by atoms with Crippen LogP contribution in [0.15, 0.2) is 53.3 Å². The number of nitrogens with one attached hydrogen (secondary N) is 2. The molecule has 50 heavy (non-hydrogen) atoms. The molecular weight excluding hydrogens is 698 g/mol. The van der Waals surface area contributed by atoms with Gasteiger partial charge in [0.1, 0.15) is 11.3 Å². The number of phenolic OH excluding ortho intramolecular Hbond substituents is 1. The fraction of sp³-hybridized carbons (Fsp3) is 0.441. The van der Waals surface area contributed by atoms with Gasteiger partial charge in [-0.15, -0.1) is 11.3 Å². The number of rotatable bonds is 9. The fourth-order valence-corrected chi connectivity index (χ4v) is 7.92. The number of aliphatic hydroxyl groups is 1. The Bertz CT molecular complexity index is 1850. The average molecular weight is 737 g/mol. The Labute approximate surface area is 293 Å². The zero-order valence-electron chi connectivity index (χ0n) is 27.3. The van der Waals surface area contributed by atoms with Crippen molar-refractivity contribution in [2.75, 3.05) is 45.9 Å². The van der Waals surface area contributed by atoms with Crippen molar-refractivity contribution in [2.45, 2.75) is 50.6 Å². The Morgan fingerprint density at radius 2 is 1.80 bits per heavy atom. The molecule has 4 aromatic rings. The second-order valence-electron chi connectivity index (χ2n) is 12.4. The van der Waals surface area contributed by atoms with Crippen LogP contribution in [0, 0.1) is 6.92 Å². The summed E-state index contributed by atoms with van der Waals surface area (Å²) in [5.74, 6) is -2.63. The van der Waals surface area contributed by atoms with Crippen molar-refractivity contribution in [3.8, 4) is 5.75 Å². The molecule has 2 aliphatic heterocycles. The van der Waals surface area contributed by atoms with Gasteiger partial charge in [0.25, 0.3) is 5.91 Å². The molecule has 0 unspecified atom stereocenters. The standard InChI is InChI=1S/C32H38N4O5S2.C2HF3O2/c1-21-5-8-27(42-21)30(39)36-15-16-41-32(20-36)10-13-35(14-11-32)19-23-4-2-3-22(17-23)9-12-33-18-26(38)24-6-7-25(37)28-29(24)43-31(40)34-28;3-2(4,5)1(6)7/h2-8,17,26,33,37-38H,9-16,18-20H2,1H3,(H,34,40);(H,6,7)/t26-;/m0./s1. The van der Waals surface area contributed by atoms with Crippen LogP contribution in [0.5, 0.6) is 5.75 Å². The molecule has 0 aliphatic carbocycles. The lowest BCUT2D eigenvalue weighted by molar-refractivity contribution is -0.192. The first-order chi connectivity index (χ1) is 23.7. The number of thiazole rings is 1. The molecular formula is C34H39F3N4O7S2. The number of aryl methyl sites for hydroxylation is 1. The average Bonchev–Trinajstić information content (AvgIpc) is 3.70. The summed E-state index contributed by atoms with van der Waals surface area (Å²) in [6.45, 7) is 7.74. The number of hydrogen-bond donors (Lipinski definition) is 5. The van der Waals surface area contributed by atoms with Crippen molar-refractivity contribution in [1.29, 1.82) is 0 Å². The van der Waals surface area contributed by atoms with Gasteiger partial charge in [-0.3, -0.25) is 14.5 Å². The third-order valence-electron chi connectivity index (χ3n) is 8.77. The second kappa shape index (κ2) is 16.0. The van der Waals surface area contributed by atoms with E-state index in [4.69, 9.17) is 14.6 Å². The number of amides is 1. The Balaban J connectivity index is 0.000000630. The predicted molar refractivity (Wildman–Crippen MR) is 184 cm³/mol. The fourth-order valence-electron chi connectivity index (χ4n) is 6.17. The number of H-pyrrole nitrogens is 1. The molecule has 270 valence electrons. The summed E-state index contributed by atoms with van der Waals surface area (Å²) in [7, 11) is 0. The number of aliphatic carboxylic acids is 1. The minimum absolute atomic E-state index is 0.00606. The molecule has 2 aromatic carbocycles. The number of halogens is 3. The van der Waals surface area contributed by atoms with Crippen LogP contribution >= 0.6 is 22.7 Å². The summed E-state index contributed by atoms with van der Waals surface area (Å²) in [6, 6.07) is 15.8. The monoisotopic (exact) mass is 736 g/mol. The van der Waals surface area contributed by atoms with Crippen LogP contribution in [0.2, 0.25) is 0 Å². The third-order valence-corrected chi connectivity index (χ3v) is 10.7. The molecule has 2 fully saturated rings. The van der Waals surface area contributed by atoms with Gasteiger partial charge >= 0.3 is 17.0 Å². The molecule has 0 saturated carbocycles. The van der Waals surface area contributed by atoms with Crippen LogP contribution in [-0.2, 0) is 22.5 Å². The first-order valence-corrected chi connectivity index (χ1v) is 17.7. The minimum atomic E-state index is -5.08. The number of benzene rings is 2. The summed E-state index contributed by atoms with van der Waals surface area (Å²) >= 11 is 2.56. The van der Waals surface area contributed by atoms with Crippen molar-refractivity contribution in [2.24, 2.45) is 0 Å². The lowest BCUT2D eigenvalue weighted by Crippen LogP contribution is -2.57. The summed E-state index contributed by atoms with van der Waals surface area (Å²) in [5, 5.41) is 31.2. The number of carboxylic acid groups (broad SMARTS) is 1. The number of aromatic amines is 1. The highest BCUT2D eigenvalue weighted by Crippen LogP contribution is 2.33. The van der Waals surface area contributed by atoms with Gasteiger partial charge in [-0.2, -0.15) is 13.2 Å². The SMILES string of the molecule is Cc1ccc(C(=O)N2CCOC3(CCN(Cc4cccc(CCNC[C@H](O)c5ccc(O)c6[nH]c(=O)sc56)c4)CC3)C2)s1.O=C(O)C(F)(F)F. The van der Waals surface area contributed by atoms with Crippen LogP contribution < -0.4 is 10.2 Å². The molecule has 6 rings (SSSR count). The second-order valence-corrected chi connectivity index (χ2v) is 14.7. The predicted octanol–water partition coefficient (Wildman–Crippen LogP) is 4.67. The number of fused-ring (bicyclic) bond motifs is 1. The van der Waals surface area contributed by atoms with Gasteiger partial charge in [0.2, 0.25) is 0 Å². The Kier molecular flexibility index (Phi) is 12.0. The maximum atomic E-state index is 13.1. The molecule has 2 aliphatic rings. The number of nitrogens with zero attached hydrogens (tertiary/aromatic N) is 2. The number of carbonyl (C=O) groups is 2. The van der Waals surface area contributed by atoms with E-state index in [0.29, 0.717) is 48.6 Å². The number of aromatic nitrogens is 1. The zero-order valence-corrected chi connectivity index (χ0v) is 28.9. The molecule has 0 bridgehead atoms. The lowest BCUT2D eigenvalue weighted by Gasteiger charge is -2.47. The van der Waals surface area contributed by atoms with E-state index in [1.165, 1.54) is 17.2 Å². The van der Waals surface area contributed by atoms with Gasteiger partial charge in [0.05, 0.1) is 34.4 Å². The number of alkyl halides is 3. The number of aliphatic hydroxyl groups excluding tert-OH is 1. The normalized spacial score (nSPS) is 17.0. The van der Waals surface area contributed by atoms with Gasteiger partial charge in [0.15, 0.2) is 0 Å². The lowest BCUT2D eigenvalue weighted by atomic mass is 9.89. The Morgan fingerprint density at radius 3 is 2.48 bits per heavy atom. The van der Waals surface area contributed by atoms with Gasteiger partial charge in [-0.1, -0.05) is 41.7 Å². The topological polar surface area (TPSA) is 155 Å². The summed E-state index contributed by atoms with van der Waals surface area (Å²) in [5.41, 5.74) is 3.26. The molecule has 1 amide bonds. The van der Waals surface area contributed by atoms with Crippen LogP contribution in [0.25, 0.3) is 10.2 Å². The van der Waals surface area contributed by atoms with E-state index < -0.39 is 18.2 Å². The van der Waals surface area contributed by atoms with E-state index in [1.807, 2.05) is 24.0 Å². The van der Waals surface area contributed by atoms with Crippen molar-refractivity contribution in [3.05, 3.63) is 84.6 Å². The smallest absolute Gasteiger partial charge is 0.490 e. The van der Waals surface area contributed by atoms with Crippen LogP contribution in [0.4, 0.5) is 13.2 Å². The van der Waals surface area contributed by atoms with Crippen LogP contribution in [0.3, 0.4) is 0 Å². The minimum Gasteiger partial charge on any atom is -0.506 e. The molecule has 0 radical (unpaired) electrons. The molecule has 1 spiro atoms. The molecule has 2 saturated heterocycles. The maximum absolute atomic E-state index is 13.1. The van der Waals surface area contributed by atoms with Crippen molar-refractivity contribution in [3.63, 3.8) is 0 Å². The Hall–Kier alpha value is -3.80. The third kappa shape index (κ3) is 9.50. The number of thiophene rings is 1. The van der Waals surface area contributed by atoms with E-state index in [0.717, 1.165) is 60.0 Å². The van der Waals surface area contributed by atoms with Crippen molar-refractivity contribution in [1.82, 2.24) is 20.1 Å². The maximum Gasteiger partial charge on any atom is 0.490 e. The number of piperidine rings is 1. The highest BCUT2D eigenvalue weighted by molar-refractivity contribution is 7.16. The van der Waals surface area contributed by atoms with Gasteiger partial charge in [0, 0.05) is 43.2 Å². The van der Waals surface area contributed by atoms with Crippen molar-refractivity contribution >= 4 is 44.8 Å². The summed E-state index contributed by atoms with van der Waals surface area (Å²) in [4.78, 5) is 42.5. The number of likely N-dealkylation sites (tertiary alicyclic amines) is 1. The van der Waals surface area contributed by atoms with Crippen LogP contribution in [-0.4, -0.2) is 99.6 Å². The molecule has 11 nitrogen and oxygen atoms in total. The highest BCUT2D eigenvalue weighted by atomic mass is 32.1. The van der Waals surface area contributed by atoms with Gasteiger partial charge in [-0.05, 0) is 62.1 Å². The van der Waals surface area contributed by atoms with E-state index in [-0.39, 0.29) is 22.1 Å². The molecule has 2 aromatic heterocycles. The van der Waals surface area contributed by atoms with Crippen LogP contribution in [0.1, 0.15) is 50.2 Å². The molecule has 16 heteroatoms. The van der Waals surface area contributed by atoms with E-state index in [9.17, 15) is 33.0 Å². The molecule has 5 N–H and O–H groups in total. The Morgan fingerprint density at radius 1 is 1.08 bits per heavy atom. The number of carboxylic acids is 1. The number of hydrogen-bond acceptors (Lipinski definition) is 10. The first kappa shape index (κ1) is 37.5.